The number of rotatable bonds is 5. The summed E-state index contributed by atoms with van der Waals surface area (Å²) in [7, 11) is -3.68. The maximum atomic E-state index is 12.6. The average Bonchev–Trinajstić information content (AvgIpc) is 2.71. The summed E-state index contributed by atoms with van der Waals surface area (Å²) in [6, 6.07) is 8.59. The van der Waals surface area contributed by atoms with Crippen LogP contribution in [0.4, 0.5) is 11.4 Å². The number of fused-ring (bicyclic) bond motifs is 1. The lowest BCUT2D eigenvalue weighted by Gasteiger charge is -2.18. The fourth-order valence-corrected chi connectivity index (χ4v) is 3.32. The van der Waals surface area contributed by atoms with Crippen LogP contribution < -0.4 is 30.4 Å². The Bertz CT molecular complexity index is 1150. The van der Waals surface area contributed by atoms with Crippen molar-refractivity contribution in [3.05, 3.63) is 47.5 Å². The molecule has 164 valence electrons. The van der Waals surface area contributed by atoms with Gasteiger partial charge in [0.2, 0.25) is 15.9 Å². The Labute approximate surface area is 178 Å². The maximum Gasteiger partial charge on any atom is 0.271 e. The molecule has 1 heterocycles. The number of carbonyl (C=O) groups excluding carboxylic acids is 3. The van der Waals surface area contributed by atoms with Crippen molar-refractivity contribution < 1.29 is 32.3 Å². The number of carbonyl (C=O) groups is 3. The quantitative estimate of drug-likeness (QED) is 0.495. The van der Waals surface area contributed by atoms with E-state index >= 15 is 0 Å². The number of amides is 3. The second kappa shape index (κ2) is 8.92. The summed E-state index contributed by atoms with van der Waals surface area (Å²) in [4.78, 5) is 36.3. The van der Waals surface area contributed by atoms with Gasteiger partial charge in [-0.3, -0.25) is 30.0 Å². The molecule has 1 aliphatic rings. The first-order valence-corrected chi connectivity index (χ1v) is 10.9. The van der Waals surface area contributed by atoms with Crippen LogP contribution in [0.15, 0.2) is 36.4 Å². The summed E-state index contributed by atoms with van der Waals surface area (Å²) in [6.07, 6.45) is 0.931. The normalized spacial score (nSPS) is 12.5. The van der Waals surface area contributed by atoms with Crippen molar-refractivity contribution in [2.45, 2.75) is 6.92 Å². The molecule has 0 unspecified atom stereocenters. The van der Waals surface area contributed by atoms with E-state index in [2.05, 4.69) is 20.9 Å². The molecule has 31 heavy (non-hydrogen) atoms. The minimum Gasteiger partial charge on any atom is -0.486 e. The monoisotopic (exact) mass is 448 g/mol. The molecule has 12 heteroatoms. The number of hydrazine groups is 1. The van der Waals surface area contributed by atoms with Gasteiger partial charge < -0.3 is 14.8 Å². The molecule has 0 aliphatic carbocycles. The van der Waals surface area contributed by atoms with Crippen LogP contribution in [0.2, 0.25) is 0 Å². The highest BCUT2D eigenvalue weighted by Crippen LogP contribution is 2.30. The number of ether oxygens (including phenoxy) is 2. The molecular weight excluding hydrogens is 428 g/mol. The lowest BCUT2D eigenvalue weighted by atomic mass is 10.1. The third-order valence-electron chi connectivity index (χ3n) is 3.97. The largest absolute Gasteiger partial charge is 0.486 e. The lowest BCUT2D eigenvalue weighted by Crippen LogP contribution is -2.42. The summed E-state index contributed by atoms with van der Waals surface area (Å²) in [6.45, 7) is 2.06. The summed E-state index contributed by atoms with van der Waals surface area (Å²) in [5.74, 6) is -0.877. The Hall–Kier alpha value is -3.80. The second-order valence-corrected chi connectivity index (χ2v) is 8.33. The number of hydrogen-bond donors (Lipinski definition) is 4. The molecule has 3 amide bonds. The fraction of sp³-hybridized carbons (Fsp3) is 0.211. The first kappa shape index (κ1) is 21.9. The summed E-state index contributed by atoms with van der Waals surface area (Å²) >= 11 is 0. The van der Waals surface area contributed by atoms with E-state index in [1.807, 2.05) is 0 Å². The Morgan fingerprint density at radius 1 is 0.903 bits per heavy atom. The minimum atomic E-state index is -3.68. The van der Waals surface area contributed by atoms with E-state index in [4.69, 9.17) is 9.47 Å². The third kappa shape index (κ3) is 5.85. The van der Waals surface area contributed by atoms with E-state index in [0.717, 1.165) is 6.26 Å². The highest BCUT2D eigenvalue weighted by atomic mass is 32.2. The molecule has 3 rings (SSSR count). The van der Waals surface area contributed by atoms with Crippen molar-refractivity contribution in [1.29, 1.82) is 0 Å². The molecule has 0 bridgehead atoms. The van der Waals surface area contributed by atoms with Crippen LogP contribution in [0.3, 0.4) is 0 Å². The number of nitrogens with one attached hydrogen (secondary N) is 4. The fourth-order valence-electron chi connectivity index (χ4n) is 2.74. The number of sulfonamides is 1. The molecule has 1 aliphatic heterocycles. The molecule has 11 nitrogen and oxygen atoms in total. The van der Waals surface area contributed by atoms with Gasteiger partial charge in [0.1, 0.15) is 13.2 Å². The van der Waals surface area contributed by atoms with Crippen LogP contribution in [0, 0.1) is 0 Å². The summed E-state index contributed by atoms with van der Waals surface area (Å²) < 4.78 is 36.2. The van der Waals surface area contributed by atoms with Crippen molar-refractivity contribution in [1.82, 2.24) is 10.9 Å². The third-order valence-corrected chi connectivity index (χ3v) is 4.56. The van der Waals surface area contributed by atoms with Crippen LogP contribution in [-0.2, 0) is 14.8 Å². The molecule has 2 aromatic carbocycles. The van der Waals surface area contributed by atoms with Crippen molar-refractivity contribution >= 4 is 39.1 Å². The number of hydrogen-bond acceptors (Lipinski definition) is 7. The predicted octanol–water partition coefficient (Wildman–Crippen LogP) is 0.862. The molecule has 0 saturated carbocycles. The highest BCUT2D eigenvalue weighted by Gasteiger charge is 2.18. The molecular formula is C19H20N4O7S. The van der Waals surface area contributed by atoms with Gasteiger partial charge in [-0.2, -0.15) is 0 Å². The van der Waals surface area contributed by atoms with Crippen LogP contribution in [0.5, 0.6) is 11.5 Å². The Morgan fingerprint density at radius 3 is 2.26 bits per heavy atom. The lowest BCUT2D eigenvalue weighted by molar-refractivity contribution is -0.114. The van der Waals surface area contributed by atoms with E-state index in [0.29, 0.717) is 24.7 Å². The smallest absolute Gasteiger partial charge is 0.271 e. The first-order valence-electron chi connectivity index (χ1n) is 9.02. The van der Waals surface area contributed by atoms with E-state index in [1.54, 1.807) is 6.07 Å². The molecule has 0 atom stereocenters. The van der Waals surface area contributed by atoms with Gasteiger partial charge >= 0.3 is 0 Å². The summed E-state index contributed by atoms with van der Waals surface area (Å²) in [5, 5.41) is 2.50. The predicted molar refractivity (Wildman–Crippen MR) is 112 cm³/mol. The maximum absolute atomic E-state index is 12.6. The SMILES string of the molecule is CC(=O)Nc1ccc(NS(C)(=O)=O)c(C(=O)NNC(=O)c2ccc3c(c2)OCCO3)c1. The zero-order valence-electron chi connectivity index (χ0n) is 16.6. The molecule has 0 spiro atoms. The van der Waals surface area contributed by atoms with Crippen molar-refractivity contribution in [3.63, 3.8) is 0 Å². The topological polar surface area (TPSA) is 152 Å². The Kier molecular flexibility index (Phi) is 6.30. The number of anilines is 2. The van der Waals surface area contributed by atoms with Crippen LogP contribution in [0.25, 0.3) is 0 Å². The average molecular weight is 448 g/mol. The van der Waals surface area contributed by atoms with Crippen molar-refractivity contribution in [2.24, 2.45) is 0 Å². The van der Waals surface area contributed by atoms with Gasteiger partial charge in [-0.05, 0) is 36.4 Å². The molecule has 0 aromatic heterocycles. The van der Waals surface area contributed by atoms with Gasteiger partial charge in [0, 0.05) is 18.2 Å². The summed E-state index contributed by atoms with van der Waals surface area (Å²) in [5.41, 5.74) is 4.83. The van der Waals surface area contributed by atoms with Gasteiger partial charge in [0.25, 0.3) is 11.8 Å². The zero-order valence-corrected chi connectivity index (χ0v) is 17.5. The van der Waals surface area contributed by atoms with Crippen LogP contribution >= 0.6 is 0 Å². The van der Waals surface area contributed by atoms with E-state index < -0.39 is 21.8 Å². The van der Waals surface area contributed by atoms with E-state index in [1.165, 1.54) is 37.3 Å². The Balaban J connectivity index is 1.76. The standard InChI is InChI=1S/C19H20N4O7S/c1-11(24)20-13-4-5-15(23-31(2,27)28)14(10-13)19(26)22-21-18(25)12-3-6-16-17(9-12)30-8-7-29-16/h3-6,9-10,23H,7-8H2,1-2H3,(H,20,24)(H,21,25)(H,22,26). The van der Waals surface area contributed by atoms with Crippen LogP contribution in [-0.4, -0.2) is 45.6 Å². The Morgan fingerprint density at radius 2 is 1.58 bits per heavy atom. The second-order valence-electron chi connectivity index (χ2n) is 6.58. The minimum absolute atomic E-state index is 0.0253. The van der Waals surface area contributed by atoms with Crippen molar-refractivity contribution in [2.75, 3.05) is 29.5 Å². The molecule has 2 aromatic rings. The highest BCUT2D eigenvalue weighted by molar-refractivity contribution is 7.92. The van der Waals surface area contributed by atoms with Gasteiger partial charge in [-0.15, -0.1) is 0 Å². The van der Waals surface area contributed by atoms with Gasteiger partial charge in [0.15, 0.2) is 11.5 Å². The van der Waals surface area contributed by atoms with Gasteiger partial charge in [-0.25, -0.2) is 8.42 Å². The van der Waals surface area contributed by atoms with E-state index in [-0.39, 0.29) is 28.4 Å². The molecule has 0 fully saturated rings. The van der Waals surface area contributed by atoms with Gasteiger partial charge in [-0.1, -0.05) is 0 Å². The molecule has 0 radical (unpaired) electrons. The van der Waals surface area contributed by atoms with Crippen LogP contribution in [0.1, 0.15) is 27.6 Å². The first-order chi connectivity index (χ1) is 14.6. The van der Waals surface area contributed by atoms with E-state index in [9.17, 15) is 22.8 Å². The van der Waals surface area contributed by atoms with Crippen molar-refractivity contribution in [3.8, 4) is 11.5 Å². The molecule has 4 N–H and O–H groups in total. The van der Waals surface area contributed by atoms with Gasteiger partial charge in [0.05, 0.1) is 17.5 Å². The number of benzene rings is 2. The molecule has 0 saturated heterocycles. The zero-order chi connectivity index (χ0) is 22.6.